The van der Waals surface area contributed by atoms with E-state index in [1.165, 1.54) is 6.07 Å². The largest absolute Gasteiger partial charge is 0.385 e. The van der Waals surface area contributed by atoms with E-state index in [9.17, 15) is 9.50 Å². The summed E-state index contributed by atoms with van der Waals surface area (Å²) in [5.74, 6) is -0.532. The van der Waals surface area contributed by atoms with Crippen LogP contribution in [0.15, 0.2) is 18.2 Å². The van der Waals surface area contributed by atoms with E-state index >= 15 is 0 Å². The van der Waals surface area contributed by atoms with Gasteiger partial charge in [0.15, 0.2) is 0 Å². The molecule has 1 aliphatic heterocycles. The first kappa shape index (κ1) is 15.7. The van der Waals surface area contributed by atoms with Crippen molar-refractivity contribution in [1.82, 2.24) is 5.32 Å². The Bertz CT molecular complexity index is 451. The average Bonchev–Trinajstić information content (AvgIpc) is 2.48. The molecule has 0 aliphatic carbocycles. The third-order valence-electron chi connectivity index (χ3n) is 4.15. The molecule has 0 aromatic heterocycles. The normalized spacial score (nSPS) is 22.5. The summed E-state index contributed by atoms with van der Waals surface area (Å²) in [7, 11) is 0. The summed E-state index contributed by atoms with van der Waals surface area (Å²) in [6.07, 6.45) is 2.96. The van der Waals surface area contributed by atoms with Gasteiger partial charge in [0.2, 0.25) is 0 Å². The van der Waals surface area contributed by atoms with Gasteiger partial charge in [0, 0.05) is 18.0 Å². The van der Waals surface area contributed by atoms with Gasteiger partial charge in [0.25, 0.3) is 0 Å². The molecule has 4 N–H and O–H groups in total. The Morgan fingerprint density at radius 1 is 1.50 bits per heavy atom. The molecule has 20 heavy (non-hydrogen) atoms. The van der Waals surface area contributed by atoms with Gasteiger partial charge in [0.05, 0.1) is 10.6 Å². The Balaban J connectivity index is 2.36. The van der Waals surface area contributed by atoms with Gasteiger partial charge in [-0.05, 0) is 44.8 Å². The second-order valence-corrected chi connectivity index (χ2v) is 5.87. The number of nitrogens with two attached hydrogens (primary N) is 1. The van der Waals surface area contributed by atoms with Gasteiger partial charge in [-0.3, -0.25) is 0 Å². The molecule has 112 valence electrons. The van der Waals surface area contributed by atoms with E-state index in [2.05, 4.69) is 5.32 Å². The zero-order valence-electron chi connectivity index (χ0n) is 11.5. The topological polar surface area (TPSA) is 58.3 Å². The molecule has 1 aromatic rings. The van der Waals surface area contributed by atoms with Crippen LogP contribution in [0.5, 0.6) is 0 Å². The molecule has 0 amide bonds. The van der Waals surface area contributed by atoms with Crippen LogP contribution in [0.1, 0.15) is 31.2 Å². The van der Waals surface area contributed by atoms with Crippen LogP contribution in [-0.4, -0.2) is 24.7 Å². The molecular weight excluding hydrogens is 279 g/mol. The van der Waals surface area contributed by atoms with Gasteiger partial charge in [-0.25, -0.2) is 4.39 Å². The molecule has 1 aliphatic rings. The van der Waals surface area contributed by atoms with E-state index in [0.29, 0.717) is 31.5 Å². The zero-order valence-corrected chi connectivity index (χ0v) is 12.3. The van der Waals surface area contributed by atoms with Crippen molar-refractivity contribution in [3.8, 4) is 0 Å². The summed E-state index contributed by atoms with van der Waals surface area (Å²) in [6, 6.07) is 4.82. The first-order valence-corrected chi connectivity index (χ1v) is 7.55. The van der Waals surface area contributed by atoms with Crippen molar-refractivity contribution in [3.05, 3.63) is 34.6 Å². The zero-order chi connectivity index (χ0) is 14.6. The van der Waals surface area contributed by atoms with Crippen molar-refractivity contribution < 1.29 is 9.50 Å². The van der Waals surface area contributed by atoms with E-state index < -0.39 is 11.4 Å². The minimum Gasteiger partial charge on any atom is -0.385 e. The number of piperidine rings is 1. The fraction of sp³-hybridized carbons (Fsp3) is 0.600. The molecule has 0 radical (unpaired) electrons. The monoisotopic (exact) mass is 300 g/mol. The summed E-state index contributed by atoms with van der Waals surface area (Å²) in [6.45, 7) is 2.11. The van der Waals surface area contributed by atoms with E-state index in [0.717, 1.165) is 19.4 Å². The summed E-state index contributed by atoms with van der Waals surface area (Å²) in [4.78, 5) is 0. The highest BCUT2D eigenvalue weighted by Gasteiger charge is 2.40. The molecule has 1 saturated heterocycles. The molecule has 1 fully saturated rings. The molecule has 2 atom stereocenters. The van der Waals surface area contributed by atoms with Gasteiger partial charge in [-0.1, -0.05) is 23.7 Å². The lowest BCUT2D eigenvalue weighted by Crippen LogP contribution is -2.45. The third kappa shape index (κ3) is 3.14. The summed E-state index contributed by atoms with van der Waals surface area (Å²) >= 11 is 5.87. The highest BCUT2D eigenvalue weighted by Crippen LogP contribution is 2.40. The molecule has 3 nitrogen and oxygen atoms in total. The van der Waals surface area contributed by atoms with E-state index in [1.807, 2.05) is 0 Å². The molecule has 5 heteroatoms. The van der Waals surface area contributed by atoms with Crippen molar-refractivity contribution in [1.29, 1.82) is 0 Å². The van der Waals surface area contributed by atoms with E-state index in [1.54, 1.807) is 12.1 Å². The van der Waals surface area contributed by atoms with Crippen molar-refractivity contribution in [2.45, 2.75) is 31.3 Å². The molecule has 2 rings (SSSR count). The average molecular weight is 301 g/mol. The Morgan fingerprint density at radius 3 is 2.95 bits per heavy atom. The maximum absolute atomic E-state index is 14.3. The summed E-state index contributed by atoms with van der Waals surface area (Å²) in [5, 5.41) is 14.5. The van der Waals surface area contributed by atoms with Crippen LogP contribution in [0, 0.1) is 11.7 Å². The number of rotatable bonds is 5. The van der Waals surface area contributed by atoms with E-state index in [-0.39, 0.29) is 10.9 Å². The molecule has 0 saturated carbocycles. The van der Waals surface area contributed by atoms with Crippen LogP contribution < -0.4 is 11.1 Å². The van der Waals surface area contributed by atoms with Gasteiger partial charge in [-0.2, -0.15) is 0 Å². The lowest BCUT2D eigenvalue weighted by molar-refractivity contribution is -0.0444. The van der Waals surface area contributed by atoms with Crippen LogP contribution in [0.2, 0.25) is 5.02 Å². The van der Waals surface area contributed by atoms with Crippen LogP contribution in [0.4, 0.5) is 4.39 Å². The quantitative estimate of drug-likeness (QED) is 0.782. The van der Waals surface area contributed by atoms with Crippen LogP contribution >= 0.6 is 11.6 Å². The van der Waals surface area contributed by atoms with Crippen LogP contribution in [0.25, 0.3) is 0 Å². The maximum Gasteiger partial charge on any atom is 0.147 e. The SMILES string of the molecule is NCCC[C@@](O)(c1cccc(Cl)c1F)[C@@H]1CCCNC1. The summed E-state index contributed by atoms with van der Waals surface area (Å²) < 4.78 is 14.3. The second-order valence-electron chi connectivity index (χ2n) is 5.46. The molecule has 0 unspecified atom stereocenters. The number of aliphatic hydroxyl groups is 1. The van der Waals surface area contributed by atoms with Gasteiger partial charge in [-0.15, -0.1) is 0 Å². The molecule has 1 aromatic carbocycles. The number of hydrogen-bond acceptors (Lipinski definition) is 3. The standard InChI is InChI=1S/C15H22ClFN2O/c16-13-6-1-5-12(14(13)17)15(20,7-3-8-18)11-4-2-9-19-10-11/h1,5-6,11,19-20H,2-4,7-10,18H2/t11-,15+/m1/s1. The first-order valence-electron chi connectivity index (χ1n) is 7.17. The number of nitrogens with one attached hydrogen (secondary N) is 1. The lowest BCUT2D eigenvalue weighted by Gasteiger charge is -2.39. The smallest absolute Gasteiger partial charge is 0.147 e. The van der Waals surface area contributed by atoms with Gasteiger partial charge < -0.3 is 16.2 Å². The first-order chi connectivity index (χ1) is 9.59. The number of halogens is 2. The van der Waals surface area contributed by atoms with Crippen LogP contribution in [0.3, 0.4) is 0 Å². The molecule has 0 bridgehead atoms. The van der Waals surface area contributed by atoms with Crippen molar-refractivity contribution in [3.63, 3.8) is 0 Å². The van der Waals surface area contributed by atoms with Crippen molar-refractivity contribution in [2.75, 3.05) is 19.6 Å². The van der Waals surface area contributed by atoms with Crippen LogP contribution in [-0.2, 0) is 5.60 Å². The Morgan fingerprint density at radius 2 is 2.30 bits per heavy atom. The molecule has 0 spiro atoms. The highest BCUT2D eigenvalue weighted by molar-refractivity contribution is 6.30. The van der Waals surface area contributed by atoms with Crippen molar-refractivity contribution >= 4 is 11.6 Å². The maximum atomic E-state index is 14.3. The Hall–Kier alpha value is -0.680. The molecular formula is C15H22ClFN2O. The minimum absolute atomic E-state index is 0.0178. The number of hydrogen-bond donors (Lipinski definition) is 3. The van der Waals surface area contributed by atoms with Gasteiger partial charge in [0.1, 0.15) is 5.82 Å². The van der Waals surface area contributed by atoms with Gasteiger partial charge >= 0.3 is 0 Å². The number of benzene rings is 1. The minimum atomic E-state index is -1.21. The fourth-order valence-electron chi connectivity index (χ4n) is 3.03. The highest BCUT2D eigenvalue weighted by atomic mass is 35.5. The fourth-order valence-corrected chi connectivity index (χ4v) is 3.20. The predicted molar refractivity (Wildman–Crippen MR) is 79.2 cm³/mol. The third-order valence-corrected chi connectivity index (χ3v) is 4.44. The second kappa shape index (κ2) is 6.85. The Labute approximate surface area is 124 Å². The molecule has 1 heterocycles. The van der Waals surface area contributed by atoms with Crippen molar-refractivity contribution in [2.24, 2.45) is 11.7 Å². The Kier molecular flexibility index (Phi) is 5.38. The summed E-state index contributed by atoms with van der Waals surface area (Å²) in [5.41, 5.74) is 4.66. The lowest BCUT2D eigenvalue weighted by atomic mass is 9.74. The predicted octanol–water partition coefficient (Wildman–Crippen LogP) is 2.41. The van der Waals surface area contributed by atoms with E-state index in [4.69, 9.17) is 17.3 Å².